The van der Waals surface area contributed by atoms with Crippen LogP contribution in [0.15, 0.2) is 29.4 Å². The third-order valence-electron chi connectivity index (χ3n) is 1.69. The summed E-state index contributed by atoms with van der Waals surface area (Å²) >= 11 is 0. The average Bonchev–Trinajstić information content (AvgIpc) is 2.13. The number of nitrogens with zero attached hydrogens (tertiary/aromatic N) is 1. The minimum Gasteiger partial charge on any atom is -0.391 e. The Morgan fingerprint density at radius 3 is 2.60 bits per heavy atom. The monoisotopic (exact) mass is 209 g/mol. The Labute approximate surface area is 89.7 Å². The van der Waals surface area contributed by atoms with E-state index < -0.39 is 0 Å². The lowest BCUT2D eigenvalue weighted by atomic mass is 10.00. The van der Waals surface area contributed by atoms with Gasteiger partial charge in [-0.25, -0.2) is 4.39 Å². The van der Waals surface area contributed by atoms with Crippen molar-refractivity contribution in [2.24, 2.45) is 10.6 Å². The lowest BCUT2D eigenvalue weighted by Crippen LogP contribution is -2.06. The van der Waals surface area contributed by atoms with Crippen LogP contribution in [0.2, 0.25) is 0 Å². The molecule has 0 aliphatic rings. The van der Waals surface area contributed by atoms with Crippen molar-refractivity contribution in [1.29, 1.82) is 0 Å². The van der Waals surface area contributed by atoms with Crippen molar-refractivity contribution < 1.29 is 9.23 Å². The summed E-state index contributed by atoms with van der Waals surface area (Å²) in [6.07, 6.45) is 1.70. The van der Waals surface area contributed by atoms with Crippen LogP contribution in [0, 0.1) is 11.2 Å². The van der Waals surface area contributed by atoms with Gasteiger partial charge in [-0.05, 0) is 6.07 Å². The summed E-state index contributed by atoms with van der Waals surface area (Å²) in [5.74, 6) is -0.261. The first kappa shape index (κ1) is 11.7. The number of hydrogen-bond acceptors (Lipinski definition) is 2. The molecule has 2 nitrogen and oxygen atoms in total. The normalized spacial score (nSPS) is 12.0. The second-order valence-corrected chi connectivity index (χ2v) is 4.47. The maximum absolute atomic E-state index is 13.1. The highest BCUT2D eigenvalue weighted by Gasteiger charge is 2.05. The number of benzene rings is 1. The van der Waals surface area contributed by atoms with Gasteiger partial charge in [-0.3, -0.25) is 0 Å². The average molecular weight is 209 g/mol. The third-order valence-corrected chi connectivity index (χ3v) is 1.69. The molecule has 15 heavy (non-hydrogen) atoms. The highest BCUT2D eigenvalue weighted by Crippen LogP contribution is 2.10. The van der Waals surface area contributed by atoms with Crippen LogP contribution in [-0.4, -0.2) is 6.21 Å². The highest BCUT2D eigenvalue weighted by atomic mass is 19.1. The molecule has 0 aromatic heterocycles. The first-order chi connectivity index (χ1) is 6.99. The minimum atomic E-state index is -0.261. The standard InChI is InChI=1S/C12H16FNO/c1-12(2,3)9-14-15-8-10-6-4-5-7-11(10)13/h4-7,9H,8H2,1-3H3. The SMILES string of the molecule is CC(C)(C)C=NOCc1ccccc1F. The van der Waals surface area contributed by atoms with E-state index in [4.69, 9.17) is 4.84 Å². The fourth-order valence-corrected chi connectivity index (χ4v) is 0.918. The molecule has 0 spiro atoms. The summed E-state index contributed by atoms with van der Waals surface area (Å²) in [4.78, 5) is 5.01. The molecule has 0 bridgehead atoms. The summed E-state index contributed by atoms with van der Waals surface area (Å²) in [5, 5.41) is 3.79. The largest absolute Gasteiger partial charge is 0.391 e. The quantitative estimate of drug-likeness (QED) is 0.552. The number of halogens is 1. The van der Waals surface area contributed by atoms with Crippen LogP contribution < -0.4 is 0 Å². The van der Waals surface area contributed by atoms with Gasteiger partial charge in [0.15, 0.2) is 0 Å². The van der Waals surface area contributed by atoms with Crippen molar-refractivity contribution >= 4 is 6.21 Å². The fourth-order valence-electron chi connectivity index (χ4n) is 0.918. The van der Waals surface area contributed by atoms with Gasteiger partial charge < -0.3 is 4.84 Å². The lowest BCUT2D eigenvalue weighted by Gasteiger charge is -2.09. The Balaban J connectivity index is 2.45. The first-order valence-electron chi connectivity index (χ1n) is 4.89. The Morgan fingerprint density at radius 1 is 1.33 bits per heavy atom. The summed E-state index contributed by atoms with van der Waals surface area (Å²) in [5.41, 5.74) is 0.499. The van der Waals surface area contributed by atoms with Crippen molar-refractivity contribution in [3.8, 4) is 0 Å². The molecule has 0 radical (unpaired) electrons. The van der Waals surface area contributed by atoms with Crippen molar-refractivity contribution in [3.63, 3.8) is 0 Å². The smallest absolute Gasteiger partial charge is 0.145 e. The van der Waals surface area contributed by atoms with E-state index >= 15 is 0 Å². The van der Waals surface area contributed by atoms with E-state index in [1.54, 1.807) is 24.4 Å². The zero-order valence-electron chi connectivity index (χ0n) is 9.33. The zero-order valence-corrected chi connectivity index (χ0v) is 9.33. The molecular formula is C12H16FNO. The van der Waals surface area contributed by atoms with Crippen LogP contribution in [-0.2, 0) is 11.4 Å². The van der Waals surface area contributed by atoms with Gasteiger partial charge in [0, 0.05) is 17.2 Å². The molecule has 3 heteroatoms. The van der Waals surface area contributed by atoms with Crippen LogP contribution in [0.1, 0.15) is 26.3 Å². The molecule has 0 N–H and O–H groups in total. The zero-order chi connectivity index (χ0) is 11.3. The van der Waals surface area contributed by atoms with E-state index in [-0.39, 0.29) is 17.8 Å². The number of hydrogen-bond donors (Lipinski definition) is 0. The summed E-state index contributed by atoms with van der Waals surface area (Å²) in [6.45, 7) is 6.22. The van der Waals surface area contributed by atoms with Gasteiger partial charge in [-0.1, -0.05) is 44.1 Å². The van der Waals surface area contributed by atoms with Gasteiger partial charge in [-0.2, -0.15) is 0 Å². The van der Waals surface area contributed by atoms with Crippen LogP contribution in [0.4, 0.5) is 4.39 Å². The van der Waals surface area contributed by atoms with Gasteiger partial charge in [0.2, 0.25) is 0 Å². The van der Waals surface area contributed by atoms with E-state index in [2.05, 4.69) is 5.16 Å². The minimum absolute atomic E-state index is 0.0186. The summed E-state index contributed by atoms with van der Waals surface area (Å²) in [6, 6.07) is 6.51. The predicted octanol–water partition coefficient (Wildman–Crippen LogP) is 3.37. The molecule has 0 aliphatic heterocycles. The Morgan fingerprint density at radius 2 is 2.00 bits per heavy atom. The maximum atomic E-state index is 13.1. The van der Waals surface area contributed by atoms with Crippen LogP contribution >= 0.6 is 0 Å². The third kappa shape index (κ3) is 4.58. The maximum Gasteiger partial charge on any atom is 0.145 e. The van der Waals surface area contributed by atoms with E-state index in [0.29, 0.717) is 5.56 Å². The Hall–Kier alpha value is -1.38. The van der Waals surface area contributed by atoms with E-state index in [0.717, 1.165) is 0 Å². The van der Waals surface area contributed by atoms with E-state index in [1.165, 1.54) is 6.07 Å². The molecule has 0 aliphatic carbocycles. The van der Waals surface area contributed by atoms with Gasteiger partial charge >= 0.3 is 0 Å². The molecule has 1 aromatic rings. The van der Waals surface area contributed by atoms with E-state index in [9.17, 15) is 4.39 Å². The van der Waals surface area contributed by atoms with Gasteiger partial charge in [0.05, 0.1) is 0 Å². The second kappa shape index (κ2) is 4.91. The van der Waals surface area contributed by atoms with Crippen molar-refractivity contribution in [1.82, 2.24) is 0 Å². The molecule has 0 atom stereocenters. The molecular weight excluding hydrogens is 193 g/mol. The number of rotatable bonds is 3. The Bertz CT molecular complexity index is 342. The summed E-state index contributed by atoms with van der Waals surface area (Å²) in [7, 11) is 0. The highest BCUT2D eigenvalue weighted by molar-refractivity contribution is 5.63. The van der Waals surface area contributed by atoms with Crippen molar-refractivity contribution in [2.45, 2.75) is 27.4 Å². The molecule has 0 amide bonds. The molecule has 0 heterocycles. The molecule has 1 rings (SSSR count). The second-order valence-electron chi connectivity index (χ2n) is 4.47. The first-order valence-corrected chi connectivity index (χ1v) is 4.89. The number of oxime groups is 1. The summed E-state index contributed by atoms with van der Waals surface area (Å²) < 4.78 is 13.1. The van der Waals surface area contributed by atoms with E-state index in [1.807, 2.05) is 20.8 Å². The predicted molar refractivity (Wildman–Crippen MR) is 59.1 cm³/mol. The lowest BCUT2D eigenvalue weighted by molar-refractivity contribution is 0.127. The van der Waals surface area contributed by atoms with Crippen molar-refractivity contribution in [3.05, 3.63) is 35.6 Å². The Kier molecular flexibility index (Phi) is 3.83. The van der Waals surface area contributed by atoms with Crippen LogP contribution in [0.25, 0.3) is 0 Å². The van der Waals surface area contributed by atoms with Crippen LogP contribution in [0.5, 0.6) is 0 Å². The molecule has 82 valence electrons. The molecule has 0 saturated carbocycles. The van der Waals surface area contributed by atoms with Crippen LogP contribution in [0.3, 0.4) is 0 Å². The van der Waals surface area contributed by atoms with Crippen molar-refractivity contribution in [2.75, 3.05) is 0 Å². The van der Waals surface area contributed by atoms with Gasteiger partial charge in [0.1, 0.15) is 12.4 Å². The molecule has 0 unspecified atom stereocenters. The van der Waals surface area contributed by atoms with Gasteiger partial charge in [-0.15, -0.1) is 0 Å². The molecule has 1 aromatic carbocycles. The van der Waals surface area contributed by atoms with Gasteiger partial charge in [0.25, 0.3) is 0 Å². The molecule has 0 fully saturated rings. The fraction of sp³-hybridized carbons (Fsp3) is 0.417. The topological polar surface area (TPSA) is 21.6 Å². The molecule has 0 saturated heterocycles.